The lowest BCUT2D eigenvalue weighted by atomic mass is 9.89. The fourth-order valence-corrected chi connectivity index (χ4v) is 3.55. The molecule has 0 saturated carbocycles. The van der Waals surface area contributed by atoms with Crippen LogP contribution in [0.15, 0.2) is 17.0 Å². The number of hydrogen-bond donors (Lipinski definition) is 2. The Labute approximate surface area is 122 Å². The summed E-state index contributed by atoms with van der Waals surface area (Å²) in [5.41, 5.74) is 2.62. The van der Waals surface area contributed by atoms with E-state index in [2.05, 4.69) is 13.8 Å². The molecule has 0 aliphatic rings. The minimum absolute atomic E-state index is 0.0596. The van der Waals surface area contributed by atoms with E-state index in [4.69, 9.17) is 5.21 Å². The Morgan fingerprint density at radius 2 is 1.30 bits per heavy atom. The number of benzene rings is 1. The third kappa shape index (κ3) is 3.40. The van der Waals surface area contributed by atoms with Crippen LogP contribution in [0.4, 0.5) is 0 Å². The van der Waals surface area contributed by atoms with E-state index < -0.39 is 10.0 Å². The van der Waals surface area contributed by atoms with Crippen LogP contribution in [0.25, 0.3) is 0 Å². The predicted octanol–water partition coefficient (Wildman–Crippen LogP) is 3.72. The first-order valence-corrected chi connectivity index (χ1v) is 8.43. The molecule has 2 N–H and O–H groups in total. The van der Waals surface area contributed by atoms with E-state index in [1.54, 1.807) is 0 Å². The Morgan fingerprint density at radius 1 is 0.900 bits per heavy atom. The Morgan fingerprint density at radius 3 is 1.55 bits per heavy atom. The van der Waals surface area contributed by atoms with Gasteiger partial charge in [0.15, 0.2) is 0 Å². The summed E-state index contributed by atoms with van der Waals surface area (Å²) in [6.07, 6.45) is 0. The van der Waals surface area contributed by atoms with Crippen molar-refractivity contribution in [2.45, 2.75) is 64.2 Å². The van der Waals surface area contributed by atoms with Crippen LogP contribution < -0.4 is 4.89 Å². The van der Waals surface area contributed by atoms with Gasteiger partial charge < -0.3 is 5.21 Å². The van der Waals surface area contributed by atoms with Crippen molar-refractivity contribution in [3.05, 3.63) is 28.8 Å². The van der Waals surface area contributed by atoms with E-state index >= 15 is 0 Å². The molecular formula is C15H25NO3S. The number of nitrogens with one attached hydrogen (secondary N) is 1. The van der Waals surface area contributed by atoms with Gasteiger partial charge in [-0.15, -0.1) is 0 Å². The molecule has 0 unspecified atom stereocenters. The second kappa shape index (κ2) is 6.24. The Hall–Kier alpha value is -0.910. The van der Waals surface area contributed by atoms with Crippen molar-refractivity contribution in [3.8, 4) is 0 Å². The molecule has 1 aromatic carbocycles. The van der Waals surface area contributed by atoms with Gasteiger partial charge in [0.2, 0.25) is 0 Å². The molecule has 0 heterocycles. The summed E-state index contributed by atoms with van der Waals surface area (Å²) in [7, 11) is -3.89. The van der Waals surface area contributed by atoms with E-state index in [1.807, 2.05) is 39.8 Å². The van der Waals surface area contributed by atoms with Crippen molar-refractivity contribution in [2.24, 2.45) is 0 Å². The minimum Gasteiger partial charge on any atom is -0.302 e. The van der Waals surface area contributed by atoms with Gasteiger partial charge in [0.05, 0.1) is 4.90 Å². The number of rotatable bonds is 5. The summed E-state index contributed by atoms with van der Waals surface area (Å²) in [4.78, 5) is 1.69. The highest BCUT2D eigenvalue weighted by atomic mass is 32.2. The standard InChI is InChI=1S/C15H25NO3S/c1-9(2)12-7-13(10(3)4)15(20(18,19)16-17)14(8-12)11(5)6/h7-11,16-17H,1-6H3. The summed E-state index contributed by atoms with van der Waals surface area (Å²) in [5, 5.41) is 9.00. The van der Waals surface area contributed by atoms with Gasteiger partial charge in [0, 0.05) is 0 Å². The lowest BCUT2D eigenvalue weighted by Gasteiger charge is -2.22. The summed E-state index contributed by atoms with van der Waals surface area (Å²) in [6.45, 7) is 12.0. The molecule has 0 amide bonds. The van der Waals surface area contributed by atoms with Crippen LogP contribution in [0.2, 0.25) is 0 Å². The molecule has 0 fully saturated rings. The third-order valence-corrected chi connectivity index (χ3v) is 4.72. The molecule has 1 aromatic rings. The monoisotopic (exact) mass is 299 g/mol. The molecule has 114 valence electrons. The van der Waals surface area contributed by atoms with E-state index in [-0.39, 0.29) is 16.7 Å². The topological polar surface area (TPSA) is 66.4 Å². The van der Waals surface area contributed by atoms with Gasteiger partial charge in [0.1, 0.15) is 0 Å². The molecule has 5 heteroatoms. The van der Waals surface area contributed by atoms with Crippen LogP contribution in [0, 0.1) is 0 Å². The SMILES string of the molecule is CC(C)c1cc(C(C)C)c(S(=O)(=O)NO)c(C(C)C)c1. The van der Waals surface area contributed by atoms with Crippen LogP contribution >= 0.6 is 0 Å². The molecule has 0 atom stereocenters. The highest BCUT2D eigenvalue weighted by molar-refractivity contribution is 7.89. The second-order valence-electron chi connectivity index (χ2n) is 6.09. The molecular weight excluding hydrogens is 274 g/mol. The van der Waals surface area contributed by atoms with Gasteiger partial charge in [-0.1, -0.05) is 58.6 Å². The fourth-order valence-electron chi connectivity index (χ4n) is 2.25. The van der Waals surface area contributed by atoms with Crippen LogP contribution in [-0.2, 0) is 10.0 Å². The summed E-state index contributed by atoms with van der Waals surface area (Å²) in [6, 6.07) is 3.87. The van der Waals surface area contributed by atoms with Gasteiger partial charge in [-0.2, -0.15) is 0 Å². The molecule has 0 aliphatic heterocycles. The highest BCUT2D eigenvalue weighted by Crippen LogP contribution is 2.34. The van der Waals surface area contributed by atoms with Crippen LogP contribution in [0.5, 0.6) is 0 Å². The molecule has 0 radical (unpaired) electrons. The molecule has 0 spiro atoms. The number of hydrogen-bond acceptors (Lipinski definition) is 3. The second-order valence-corrected chi connectivity index (χ2v) is 7.69. The molecule has 0 aliphatic carbocycles. The number of sulfonamides is 1. The molecule has 20 heavy (non-hydrogen) atoms. The molecule has 0 bridgehead atoms. The largest absolute Gasteiger partial charge is 0.302 e. The summed E-state index contributed by atoms with van der Waals surface area (Å²) >= 11 is 0. The van der Waals surface area contributed by atoms with Gasteiger partial charge in [-0.05, 0) is 34.4 Å². The average molecular weight is 299 g/mol. The van der Waals surface area contributed by atoms with Gasteiger partial charge in [-0.25, -0.2) is 8.42 Å². The van der Waals surface area contributed by atoms with E-state index in [9.17, 15) is 8.42 Å². The van der Waals surface area contributed by atoms with Gasteiger partial charge in [-0.3, -0.25) is 0 Å². The fraction of sp³-hybridized carbons (Fsp3) is 0.600. The van der Waals surface area contributed by atoms with Crippen molar-refractivity contribution >= 4 is 10.0 Å². The predicted molar refractivity (Wildman–Crippen MR) is 80.8 cm³/mol. The smallest absolute Gasteiger partial charge is 0.262 e. The van der Waals surface area contributed by atoms with Gasteiger partial charge >= 0.3 is 0 Å². The molecule has 0 aromatic heterocycles. The highest BCUT2D eigenvalue weighted by Gasteiger charge is 2.26. The average Bonchev–Trinajstić information content (AvgIpc) is 2.36. The van der Waals surface area contributed by atoms with Crippen LogP contribution in [-0.4, -0.2) is 13.6 Å². The Bertz CT molecular complexity index is 546. The maximum absolute atomic E-state index is 12.2. The Kier molecular flexibility index (Phi) is 5.35. The minimum atomic E-state index is -3.89. The van der Waals surface area contributed by atoms with E-state index in [0.717, 1.165) is 16.7 Å². The van der Waals surface area contributed by atoms with Crippen LogP contribution in [0.3, 0.4) is 0 Å². The quantitative estimate of drug-likeness (QED) is 0.814. The third-order valence-electron chi connectivity index (χ3n) is 3.47. The summed E-state index contributed by atoms with van der Waals surface area (Å²) in [5.74, 6) is 0.442. The zero-order valence-electron chi connectivity index (χ0n) is 13.1. The zero-order valence-corrected chi connectivity index (χ0v) is 13.9. The van der Waals surface area contributed by atoms with Crippen molar-refractivity contribution in [2.75, 3.05) is 0 Å². The zero-order chi connectivity index (χ0) is 15.7. The molecule has 1 rings (SSSR count). The van der Waals surface area contributed by atoms with Crippen molar-refractivity contribution in [1.29, 1.82) is 0 Å². The maximum Gasteiger partial charge on any atom is 0.262 e. The first-order valence-electron chi connectivity index (χ1n) is 6.95. The first kappa shape index (κ1) is 17.1. The maximum atomic E-state index is 12.2. The lowest BCUT2D eigenvalue weighted by molar-refractivity contribution is 0.242. The van der Waals surface area contributed by atoms with Crippen molar-refractivity contribution in [3.63, 3.8) is 0 Å². The van der Waals surface area contributed by atoms with E-state index in [1.165, 1.54) is 4.89 Å². The van der Waals surface area contributed by atoms with E-state index in [0.29, 0.717) is 5.92 Å². The molecule has 0 saturated heterocycles. The lowest BCUT2D eigenvalue weighted by Crippen LogP contribution is -2.23. The molecule has 4 nitrogen and oxygen atoms in total. The Balaban J connectivity index is 3.78. The van der Waals surface area contributed by atoms with Crippen LogP contribution in [0.1, 0.15) is 76.0 Å². The first-order chi connectivity index (χ1) is 9.11. The van der Waals surface area contributed by atoms with Gasteiger partial charge in [0.25, 0.3) is 10.0 Å². The normalized spacial score (nSPS) is 12.7. The van der Waals surface area contributed by atoms with Crippen molar-refractivity contribution in [1.82, 2.24) is 4.89 Å². The summed E-state index contributed by atoms with van der Waals surface area (Å²) < 4.78 is 24.3. The van der Waals surface area contributed by atoms with Crippen molar-refractivity contribution < 1.29 is 13.6 Å².